The zero-order valence-corrected chi connectivity index (χ0v) is 16.5. The monoisotopic (exact) mass is 405 g/mol. The van der Waals surface area contributed by atoms with E-state index in [-0.39, 0.29) is 11.2 Å². The van der Waals surface area contributed by atoms with Crippen molar-refractivity contribution in [2.75, 3.05) is 0 Å². The summed E-state index contributed by atoms with van der Waals surface area (Å²) in [7, 11) is 0. The smallest absolute Gasteiger partial charge is 0.269 e. The summed E-state index contributed by atoms with van der Waals surface area (Å²) in [6, 6.07) is 13.1. The average molecular weight is 406 g/mol. The molecule has 0 saturated carbocycles. The highest BCUT2D eigenvalue weighted by Crippen LogP contribution is 2.16. The lowest BCUT2D eigenvalue weighted by Crippen LogP contribution is -2.48. The van der Waals surface area contributed by atoms with Crippen LogP contribution in [0.25, 0.3) is 0 Å². The van der Waals surface area contributed by atoms with Gasteiger partial charge >= 0.3 is 0 Å². The first-order chi connectivity index (χ1) is 12.9. The number of carbonyl (C=O) groups is 2. The molecule has 2 amide bonds. The minimum absolute atomic E-state index is 0.0319. The molecular formula is C19H20ClN3O3S. The van der Waals surface area contributed by atoms with Crippen molar-refractivity contribution in [1.29, 1.82) is 0 Å². The molecule has 0 spiro atoms. The van der Waals surface area contributed by atoms with Crippen LogP contribution in [0.15, 0.2) is 48.5 Å². The number of hydrogen-bond acceptors (Lipinski definition) is 4. The summed E-state index contributed by atoms with van der Waals surface area (Å²) in [5.74, 6) is -0.220. The maximum Gasteiger partial charge on any atom is 0.269 e. The highest BCUT2D eigenvalue weighted by molar-refractivity contribution is 7.80. The van der Waals surface area contributed by atoms with E-state index < -0.39 is 11.8 Å². The van der Waals surface area contributed by atoms with Crippen LogP contribution in [0, 0.1) is 0 Å². The van der Waals surface area contributed by atoms with Crippen molar-refractivity contribution < 1.29 is 14.3 Å². The molecule has 2 aromatic rings. The van der Waals surface area contributed by atoms with Crippen LogP contribution in [0.4, 0.5) is 0 Å². The fourth-order valence-electron chi connectivity index (χ4n) is 2.02. The molecule has 142 valence electrons. The molecule has 0 aliphatic rings. The van der Waals surface area contributed by atoms with Gasteiger partial charge in [-0.2, -0.15) is 0 Å². The maximum atomic E-state index is 12.3. The molecule has 0 aromatic heterocycles. The number of benzene rings is 2. The summed E-state index contributed by atoms with van der Waals surface area (Å²) in [6.45, 7) is 3.97. The molecule has 2 aromatic carbocycles. The predicted molar refractivity (Wildman–Crippen MR) is 109 cm³/mol. The van der Waals surface area contributed by atoms with Crippen molar-refractivity contribution in [3.8, 4) is 5.75 Å². The van der Waals surface area contributed by atoms with Gasteiger partial charge in [-0.1, -0.05) is 24.6 Å². The van der Waals surface area contributed by atoms with Gasteiger partial charge in [0.1, 0.15) is 5.75 Å². The van der Waals surface area contributed by atoms with Crippen molar-refractivity contribution in [2.24, 2.45) is 0 Å². The van der Waals surface area contributed by atoms with Crippen LogP contribution in [0.3, 0.4) is 0 Å². The summed E-state index contributed by atoms with van der Waals surface area (Å²) < 4.78 is 5.70. The molecule has 0 fully saturated rings. The second-order valence-corrected chi connectivity index (χ2v) is 6.58. The first-order valence-corrected chi connectivity index (χ1v) is 9.11. The van der Waals surface area contributed by atoms with Gasteiger partial charge in [-0.3, -0.25) is 25.8 Å². The molecule has 2 rings (SSSR count). The molecule has 0 bridgehead atoms. The number of nitrogens with one attached hydrogen (secondary N) is 3. The number of thiocarbonyl (C=S) groups is 1. The Balaban J connectivity index is 1.88. The van der Waals surface area contributed by atoms with E-state index in [0.717, 1.165) is 6.42 Å². The molecule has 0 aliphatic heterocycles. The quantitative estimate of drug-likeness (QED) is 0.524. The third-order valence-electron chi connectivity index (χ3n) is 3.63. The largest absolute Gasteiger partial charge is 0.491 e. The molecular weight excluding hydrogens is 386 g/mol. The van der Waals surface area contributed by atoms with E-state index >= 15 is 0 Å². The van der Waals surface area contributed by atoms with Crippen molar-refractivity contribution in [2.45, 2.75) is 26.4 Å². The van der Waals surface area contributed by atoms with Crippen molar-refractivity contribution in [1.82, 2.24) is 16.2 Å². The number of ether oxygens (including phenoxy) is 1. The van der Waals surface area contributed by atoms with Crippen LogP contribution in [0.2, 0.25) is 5.02 Å². The summed E-state index contributed by atoms with van der Waals surface area (Å²) >= 11 is 10.8. The van der Waals surface area contributed by atoms with Crippen molar-refractivity contribution in [3.05, 3.63) is 64.7 Å². The lowest BCUT2D eigenvalue weighted by Gasteiger charge is -2.14. The Hall–Kier alpha value is -2.64. The molecule has 8 heteroatoms. The van der Waals surface area contributed by atoms with Gasteiger partial charge in [-0.25, -0.2) is 0 Å². The van der Waals surface area contributed by atoms with E-state index in [1.807, 2.05) is 13.8 Å². The molecule has 0 aliphatic carbocycles. The maximum absolute atomic E-state index is 12.3. The molecule has 6 nitrogen and oxygen atoms in total. The van der Waals surface area contributed by atoms with Crippen LogP contribution >= 0.6 is 23.8 Å². The first-order valence-electron chi connectivity index (χ1n) is 8.33. The third-order valence-corrected chi connectivity index (χ3v) is 4.09. The van der Waals surface area contributed by atoms with Crippen LogP contribution in [-0.2, 0) is 0 Å². The number of halogens is 1. The molecule has 27 heavy (non-hydrogen) atoms. The molecule has 0 radical (unpaired) electrons. The Morgan fingerprint density at radius 2 is 1.78 bits per heavy atom. The van der Waals surface area contributed by atoms with Gasteiger partial charge in [0.05, 0.1) is 6.10 Å². The zero-order valence-electron chi connectivity index (χ0n) is 14.9. The van der Waals surface area contributed by atoms with Gasteiger partial charge in [0, 0.05) is 16.1 Å². The Kier molecular flexibility index (Phi) is 7.57. The Morgan fingerprint density at radius 3 is 2.44 bits per heavy atom. The topological polar surface area (TPSA) is 79.5 Å². The van der Waals surface area contributed by atoms with E-state index in [0.29, 0.717) is 21.9 Å². The highest BCUT2D eigenvalue weighted by atomic mass is 35.5. The van der Waals surface area contributed by atoms with E-state index in [1.54, 1.807) is 48.5 Å². The standard InChI is InChI=1S/C19H20ClN3O3S/c1-3-12(2)26-16-6-4-5-14(11-16)17(24)21-19(27)23-22-18(25)13-7-9-15(20)10-8-13/h4-12H,3H2,1-2H3,(H,22,25)(H2,21,23,24,27). The molecule has 0 heterocycles. The summed E-state index contributed by atoms with van der Waals surface area (Å²) in [6.07, 6.45) is 0.909. The van der Waals surface area contributed by atoms with Crippen LogP contribution in [-0.4, -0.2) is 23.0 Å². The summed E-state index contributed by atoms with van der Waals surface area (Å²) in [5.41, 5.74) is 5.69. The fraction of sp³-hybridized carbons (Fsp3) is 0.211. The van der Waals surface area contributed by atoms with Crippen LogP contribution in [0.1, 0.15) is 41.0 Å². The van der Waals surface area contributed by atoms with E-state index in [4.69, 9.17) is 28.6 Å². The van der Waals surface area contributed by atoms with Gasteiger partial charge < -0.3 is 4.74 Å². The summed E-state index contributed by atoms with van der Waals surface area (Å²) in [4.78, 5) is 24.3. The number of amides is 2. The second kappa shape index (κ2) is 9.89. The van der Waals surface area contributed by atoms with Crippen LogP contribution in [0.5, 0.6) is 5.75 Å². The number of hydrogen-bond donors (Lipinski definition) is 3. The Bertz CT molecular complexity index is 827. The lowest BCUT2D eigenvalue weighted by atomic mass is 10.2. The van der Waals surface area contributed by atoms with Gasteiger partial charge in [-0.05, 0) is 68.0 Å². The predicted octanol–water partition coefficient (Wildman–Crippen LogP) is 3.47. The fourth-order valence-corrected chi connectivity index (χ4v) is 2.29. The zero-order chi connectivity index (χ0) is 19.8. The normalized spacial score (nSPS) is 11.2. The molecule has 1 atom stereocenters. The Labute approximate surface area is 168 Å². The minimum atomic E-state index is -0.414. The van der Waals surface area contributed by atoms with Gasteiger partial charge in [-0.15, -0.1) is 0 Å². The highest BCUT2D eigenvalue weighted by Gasteiger charge is 2.11. The second-order valence-electron chi connectivity index (χ2n) is 5.73. The summed E-state index contributed by atoms with van der Waals surface area (Å²) in [5, 5.41) is 2.99. The van der Waals surface area contributed by atoms with Crippen molar-refractivity contribution in [3.63, 3.8) is 0 Å². The SMILES string of the molecule is CCC(C)Oc1cccc(C(=O)NC(=S)NNC(=O)c2ccc(Cl)cc2)c1. The average Bonchev–Trinajstić information content (AvgIpc) is 2.66. The van der Waals surface area contributed by atoms with E-state index in [1.165, 1.54) is 0 Å². The van der Waals surface area contributed by atoms with E-state index in [9.17, 15) is 9.59 Å². The molecule has 1 unspecified atom stereocenters. The number of hydrazine groups is 1. The number of carbonyl (C=O) groups excluding carboxylic acids is 2. The van der Waals surface area contributed by atoms with Gasteiger partial charge in [0.2, 0.25) is 0 Å². The minimum Gasteiger partial charge on any atom is -0.491 e. The molecule has 0 saturated heterocycles. The third kappa shape index (κ3) is 6.54. The van der Waals surface area contributed by atoms with Gasteiger partial charge in [0.25, 0.3) is 11.8 Å². The first kappa shape index (κ1) is 20.7. The lowest BCUT2D eigenvalue weighted by molar-refractivity contribution is 0.0934. The van der Waals surface area contributed by atoms with Gasteiger partial charge in [0.15, 0.2) is 5.11 Å². The van der Waals surface area contributed by atoms with Crippen LogP contribution < -0.4 is 20.9 Å². The number of rotatable bonds is 5. The molecule has 3 N–H and O–H groups in total. The van der Waals surface area contributed by atoms with E-state index in [2.05, 4.69) is 16.2 Å². The Morgan fingerprint density at radius 1 is 1.07 bits per heavy atom. The van der Waals surface area contributed by atoms with Crippen molar-refractivity contribution >= 4 is 40.7 Å².